The first kappa shape index (κ1) is 21.3. The summed E-state index contributed by atoms with van der Waals surface area (Å²) in [6.45, 7) is 9.33. The maximum absolute atomic E-state index is 13.0. The van der Waals surface area contributed by atoms with E-state index in [-0.39, 0.29) is 17.9 Å². The summed E-state index contributed by atoms with van der Waals surface area (Å²) in [6, 6.07) is 2.27. The van der Waals surface area contributed by atoms with Crippen LogP contribution in [0, 0.1) is 13.8 Å². The number of hydrogen-bond acceptors (Lipinski definition) is 8. The fourth-order valence-corrected chi connectivity index (χ4v) is 4.40. The zero-order valence-corrected chi connectivity index (χ0v) is 19.1. The molecular weight excluding hydrogens is 410 g/mol. The fourth-order valence-electron chi connectivity index (χ4n) is 3.69. The largest absolute Gasteiger partial charge is 0.368 e. The molecular formula is C22H27N7OS. The topological polar surface area (TPSA) is 96.8 Å². The van der Waals surface area contributed by atoms with Crippen LogP contribution in [0.1, 0.15) is 59.5 Å². The van der Waals surface area contributed by atoms with Gasteiger partial charge in [0.1, 0.15) is 11.5 Å². The van der Waals surface area contributed by atoms with Gasteiger partial charge in [-0.2, -0.15) is 0 Å². The van der Waals surface area contributed by atoms with E-state index in [0.717, 1.165) is 39.9 Å². The van der Waals surface area contributed by atoms with Crippen LogP contribution in [0.2, 0.25) is 0 Å². The Hall–Kier alpha value is -2.94. The zero-order valence-electron chi connectivity index (χ0n) is 18.3. The third-order valence-corrected chi connectivity index (χ3v) is 6.06. The summed E-state index contributed by atoms with van der Waals surface area (Å²) in [7, 11) is 0. The van der Waals surface area contributed by atoms with Crippen molar-refractivity contribution in [1.82, 2.24) is 29.8 Å². The van der Waals surface area contributed by atoms with Gasteiger partial charge in [-0.25, -0.2) is 19.9 Å². The maximum atomic E-state index is 13.0. The van der Waals surface area contributed by atoms with Crippen LogP contribution in [0.3, 0.4) is 0 Å². The molecule has 9 heteroatoms. The Bertz CT molecular complexity index is 1060. The summed E-state index contributed by atoms with van der Waals surface area (Å²) >= 11 is 1.58. The van der Waals surface area contributed by atoms with E-state index >= 15 is 0 Å². The van der Waals surface area contributed by atoms with Crippen molar-refractivity contribution in [2.45, 2.75) is 52.5 Å². The quantitative estimate of drug-likeness (QED) is 0.647. The Morgan fingerprint density at radius 2 is 2.00 bits per heavy atom. The minimum absolute atomic E-state index is 0.0786. The van der Waals surface area contributed by atoms with E-state index in [0.29, 0.717) is 24.6 Å². The van der Waals surface area contributed by atoms with Gasteiger partial charge in [0.25, 0.3) is 5.91 Å². The van der Waals surface area contributed by atoms with Crippen LogP contribution in [0.4, 0.5) is 5.82 Å². The first-order valence-corrected chi connectivity index (χ1v) is 11.4. The summed E-state index contributed by atoms with van der Waals surface area (Å²) in [5, 5.41) is 4.38. The first-order valence-electron chi connectivity index (χ1n) is 10.6. The number of nitrogens with one attached hydrogen (secondary N) is 1. The molecule has 162 valence electrons. The number of carbonyl (C=O) groups is 1. The third-order valence-electron chi connectivity index (χ3n) is 5.15. The number of amides is 1. The summed E-state index contributed by atoms with van der Waals surface area (Å²) < 4.78 is 0. The number of carbonyl (C=O) groups excluding carboxylic acids is 1. The molecule has 4 rings (SSSR count). The van der Waals surface area contributed by atoms with Crippen molar-refractivity contribution < 1.29 is 4.79 Å². The SMILES string of the molecule is Cc1cnc(C(=O)N2CCC[C@@H](c3cc(NC(C)C)nc(-c4cnc(C)s4)n3)C2)cn1. The molecule has 1 saturated heterocycles. The Morgan fingerprint density at radius 3 is 2.68 bits per heavy atom. The van der Waals surface area contributed by atoms with Gasteiger partial charge in [-0.1, -0.05) is 0 Å². The van der Waals surface area contributed by atoms with Crippen LogP contribution in [0.5, 0.6) is 0 Å². The van der Waals surface area contributed by atoms with Crippen molar-refractivity contribution >= 4 is 23.1 Å². The number of thiazole rings is 1. The van der Waals surface area contributed by atoms with Crippen molar-refractivity contribution in [3.63, 3.8) is 0 Å². The Balaban J connectivity index is 1.61. The summed E-state index contributed by atoms with van der Waals surface area (Å²) in [5.41, 5.74) is 2.13. The first-order chi connectivity index (χ1) is 14.9. The van der Waals surface area contributed by atoms with Crippen LogP contribution in [-0.2, 0) is 0 Å². The maximum Gasteiger partial charge on any atom is 0.274 e. The van der Waals surface area contributed by atoms with Gasteiger partial charge in [0.15, 0.2) is 5.82 Å². The molecule has 1 atom stereocenters. The van der Waals surface area contributed by atoms with Gasteiger partial charge < -0.3 is 10.2 Å². The molecule has 8 nitrogen and oxygen atoms in total. The molecule has 4 heterocycles. The lowest BCUT2D eigenvalue weighted by atomic mass is 9.94. The number of rotatable bonds is 5. The van der Waals surface area contributed by atoms with Gasteiger partial charge in [-0.15, -0.1) is 11.3 Å². The summed E-state index contributed by atoms with van der Waals surface area (Å²) in [4.78, 5) is 38.2. The van der Waals surface area contributed by atoms with Crippen molar-refractivity contribution in [3.05, 3.63) is 46.7 Å². The van der Waals surface area contributed by atoms with E-state index in [1.807, 2.05) is 31.0 Å². The van der Waals surface area contributed by atoms with E-state index in [1.165, 1.54) is 0 Å². The number of aryl methyl sites for hydroxylation is 2. The van der Waals surface area contributed by atoms with Gasteiger partial charge in [0.05, 0.1) is 27.5 Å². The molecule has 1 amide bonds. The van der Waals surface area contributed by atoms with E-state index in [2.05, 4.69) is 34.1 Å². The second-order valence-electron chi connectivity index (χ2n) is 8.18. The molecule has 1 fully saturated rings. The minimum atomic E-state index is -0.0786. The van der Waals surface area contributed by atoms with Gasteiger partial charge in [-0.3, -0.25) is 9.78 Å². The van der Waals surface area contributed by atoms with E-state index in [4.69, 9.17) is 9.97 Å². The highest BCUT2D eigenvalue weighted by Gasteiger charge is 2.28. The molecule has 0 bridgehead atoms. The Kier molecular flexibility index (Phi) is 6.22. The van der Waals surface area contributed by atoms with Gasteiger partial charge >= 0.3 is 0 Å². The number of nitrogens with zero attached hydrogens (tertiary/aromatic N) is 6. The highest BCUT2D eigenvalue weighted by molar-refractivity contribution is 7.14. The standard InChI is InChI=1S/C22H27N7OS/c1-13(2)26-20-8-17(27-21(28-20)19-11-24-15(4)31-19)16-6-5-7-29(12-16)22(30)18-10-23-14(3)9-25-18/h8-11,13,16H,5-7,12H2,1-4H3,(H,26,27,28)/t16-/m1/s1. The van der Waals surface area contributed by atoms with Gasteiger partial charge in [-0.05, 0) is 40.5 Å². The molecule has 3 aromatic rings. The van der Waals surface area contributed by atoms with Crippen molar-refractivity contribution in [2.24, 2.45) is 0 Å². The second-order valence-corrected chi connectivity index (χ2v) is 9.41. The predicted molar refractivity (Wildman–Crippen MR) is 121 cm³/mol. The normalized spacial score (nSPS) is 16.5. The van der Waals surface area contributed by atoms with Crippen LogP contribution in [-0.4, -0.2) is 54.9 Å². The number of aromatic nitrogens is 5. The smallest absolute Gasteiger partial charge is 0.274 e. The number of piperidine rings is 1. The van der Waals surface area contributed by atoms with Gasteiger partial charge in [0, 0.05) is 43.5 Å². The monoisotopic (exact) mass is 437 g/mol. The van der Waals surface area contributed by atoms with Crippen molar-refractivity contribution in [3.8, 4) is 10.7 Å². The molecule has 0 aliphatic carbocycles. The van der Waals surface area contributed by atoms with Gasteiger partial charge in [0.2, 0.25) is 0 Å². The number of likely N-dealkylation sites (tertiary alicyclic amines) is 1. The molecule has 0 saturated carbocycles. The second kappa shape index (κ2) is 9.05. The molecule has 0 aromatic carbocycles. The predicted octanol–water partition coefficient (Wildman–Crippen LogP) is 3.85. The van der Waals surface area contributed by atoms with Crippen LogP contribution < -0.4 is 5.32 Å². The lowest BCUT2D eigenvalue weighted by Gasteiger charge is -2.32. The summed E-state index contributed by atoms with van der Waals surface area (Å²) in [6.07, 6.45) is 6.91. The zero-order chi connectivity index (χ0) is 22.0. The van der Waals surface area contributed by atoms with E-state index < -0.39 is 0 Å². The molecule has 1 N–H and O–H groups in total. The van der Waals surface area contributed by atoms with Crippen LogP contribution >= 0.6 is 11.3 Å². The number of anilines is 1. The molecule has 0 radical (unpaired) electrons. The highest BCUT2D eigenvalue weighted by atomic mass is 32.1. The fraction of sp³-hybridized carbons (Fsp3) is 0.455. The van der Waals surface area contributed by atoms with Crippen LogP contribution in [0.25, 0.3) is 10.7 Å². The average Bonchev–Trinajstić information content (AvgIpc) is 3.19. The highest BCUT2D eigenvalue weighted by Crippen LogP contribution is 2.31. The molecule has 31 heavy (non-hydrogen) atoms. The minimum Gasteiger partial charge on any atom is -0.368 e. The average molecular weight is 438 g/mol. The molecule has 1 aliphatic rings. The molecule has 3 aromatic heterocycles. The van der Waals surface area contributed by atoms with Crippen molar-refractivity contribution in [1.29, 1.82) is 0 Å². The Morgan fingerprint density at radius 1 is 1.16 bits per heavy atom. The summed E-state index contributed by atoms with van der Waals surface area (Å²) in [5.74, 6) is 1.54. The van der Waals surface area contributed by atoms with Crippen LogP contribution in [0.15, 0.2) is 24.7 Å². The lowest BCUT2D eigenvalue weighted by molar-refractivity contribution is 0.0699. The van der Waals surface area contributed by atoms with E-state index in [9.17, 15) is 4.79 Å². The number of hydrogen-bond donors (Lipinski definition) is 1. The van der Waals surface area contributed by atoms with Crippen molar-refractivity contribution in [2.75, 3.05) is 18.4 Å². The lowest BCUT2D eigenvalue weighted by Crippen LogP contribution is -2.39. The molecule has 1 aliphatic heterocycles. The third kappa shape index (κ3) is 5.04. The molecule has 0 spiro atoms. The van der Waals surface area contributed by atoms with E-state index in [1.54, 1.807) is 23.7 Å². The molecule has 0 unspecified atom stereocenters. The Labute approximate surface area is 186 Å².